The Morgan fingerprint density at radius 2 is 2.37 bits per heavy atom. The van der Waals surface area contributed by atoms with Crippen molar-refractivity contribution < 1.29 is 19.2 Å². The van der Waals surface area contributed by atoms with Crippen LogP contribution < -0.4 is 15.9 Å². The second-order valence-electron chi connectivity index (χ2n) is 4.61. The zero-order valence-electron chi connectivity index (χ0n) is 11.3. The number of aliphatic hydroxyl groups is 1. The summed E-state index contributed by atoms with van der Waals surface area (Å²) in [6.07, 6.45) is -0.496. The first-order valence-corrected chi connectivity index (χ1v) is 6.46. The number of ether oxygens (including phenoxy) is 2. The van der Waals surface area contributed by atoms with Gasteiger partial charge in [-0.05, 0) is 17.1 Å². The molecule has 1 aliphatic heterocycles. The topological polar surface area (TPSA) is 73.9 Å². The maximum atomic E-state index is 9.23. The van der Waals surface area contributed by atoms with Gasteiger partial charge in [-0.1, -0.05) is 19.0 Å². The molecule has 1 aliphatic rings. The first-order chi connectivity index (χ1) is 9.21. The quantitative estimate of drug-likeness (QED) is 0.745. The molecule has 0 aromatic heterocycles. The van der Waals surface area contributed by atoms with Crippen LogP contribution in [0.4, 0.5) is 0 Å². The molecule has 0 amide bonds. The fourth-order valence-corrected chi connectivity index (χ4v) is 2.43. The van der Waals surface area contributed by atoms with Gasteiger partial charge < -0.3 is 25.0 Å². The van der Waals surface area contributed by atoms with E-state index in [0.29, 0.717) is 13.2 Å². The summed E-state index contributed by atoms with van der Waals surface area (Å²) in [6, 6.07) is 5.80. The standard InChI is InChI=1S/C13H20BNO4/c1-14-13-10(12(6-15)17-2)4-3-5-11(13)18-8-9(7-16)19-14/h3-5,9,12,16H,6-8,15H2,1-2H3/t9-,12-/m1/s1. The molecule has 0 bridgehead atoms. The van der Waals surface area contributed by atoms with Crippen molar-refractivity contribution in [1.29, 1.82) is 0 Å². The molecule has 0 saturated carbocycles. The lowest BCUT2D eigenvalue weighted by molar-refractivity contribution is 0.0778. The highest BCUT2D eigenvalue weighted by Crippen LogP contribution is 2.22. The third-order valence-electron chi connectivity index (χ3n) is 3.38. The van der Waals surface area contributed by atoms with Gasteiger partial charge in [0, 0.05) is 13.7 Å². The van der Waals surface area contributed by atoms with Crippen LogP contribution in [0.5, 0.6) is 5.75 Å². The van der Waals surface area contributed by atoms with Crippen LogP contribution in [0, 0.1) is 0 Å². The molecule has 5 nitrogen and oxygen atoms in total. The lowest BCUT2D eigenvalue weighted by atomic mass is 9.60. The molecule has 0 spiro atoms. The van der Waals surface area contributed by atoms with Crippen molar-refractivity contribution >= 4 is 12.4 Å². The van der Waals surface area contributed by atoms with Crippen LogP contribution >= 0.6 is 0 Å². The van der Waals surface area contributed by atoms with Crippen LogP contribution in [0.3, 0.4) is 0 Å². The van der Waals surface area contributed by atoms with Crippen LogP contribution in [0.15, 0.2) is 18.2 Å². The molecule has 19 heavy (non-hydrogen) atoms. The molecular weight excluding hydrogens is 245 g/mol. The number of hydrogen-bond acceptors (Lipinski definition) is 5. The molecule has 104 valence electrons. The fourth-order valence-electron chi connectivity index (χ4n) is 2.43. The van der Waals surface area contributed by atoms with Crippen LogP contribution in [0.1, 0.15) is 11.7 Å². The zero-order chi connectivity index (χ0) is 13.8. The summed E-state index contributed by atoms with van der Waals surface area (Å²) < 4.78 is 16.9. The number of rotatable bonds is 4. The van der Waals surface area contributed by atoms with Gasteiger partial charge in [-0.15, -0.1) is 0 Å². The lowest BCUT2D eigenvalue weighted by Gasteiger charge is -2.20. The Kier molecular flexibility index (Phi) is 4.82. The minimum Gasteiger partial charge on any atom is -0.491 e. The summed E-state index contributed by atoms with van der Waals surface area (Å²) in [7, 11) is 1.64. The van der Waals surface area contributed by atoms with E-state index < -0.39 is 0 Å². The highest BCUT2D eigenvalue weighted by molar-refractivity contribution is 6.67. The first-order valence-electron chi connectivity index (χ1n) is 6.46. The maximum absolute atomic E-state index is 9.23. The Balaban J connectivity index is 2.40. The van der Waals surface area contributed by atoms with Gasteiger partial charge in [-0.3, -0.25) is 0 Å². The van der Waals surface area contributed by atoms with Gasteiger partial charge in [-0.25, -0.2) is 0 Å². The Labute approximate surface area is 113 Å². The normalized spacial score (nSPS) is 20.4. The smallest absolute Gasteiger partial charge is 0.328 e. The second kappa shape index (κ2) is 6.39. The van der Waals surface area contributed by atoms with E-state index in [-0.39, 0.29) is 25.7 Å². The number of benzene rings is 1. The van der Waals surface area contributed by atoms with E-state index in [4.69, 9.17) is 19.9 Å². The van der Waals surface area contributed by atoms with Crippen LogP contribution in [0.25, 0.3) is 0 Å². The third-order valence-corrected chi connectivity index (χ3v) is 3.38. The van der Waals surface area contributed by atoms with Gasteiger partial charge in [0.2, 0.25) is 0 Å². The molecule has 2 atom stereocenters. The summed E-state index contributed by atoms with van der Waals surface area (Å²) in [4.78, 5) is 0. The van der Waals surface area contributed by atoms with Gasteiger partial charge in [0.05, 0.1) is 18.8 Å². The van der Waals surface area contributed by atoms with Gasteiger partial charge in [0.15, 0.2) is 0 Å². The molecular formula is C13H20BNO4. The number of aliphatic hydroxyl groups excluding tert-OH is 1. The number of methoxy groups -OCH3 is 1. The number of fused-ring (bicyclic) bond motifs is 1. The SMILES string of the molecule is CO[C@H](CN)c1cccc2c1B(C)O[C@H](CO)CO2. The summed E-state index contributed by atoms with van der Waals surface area (Å²) in [5.41, 5.74) is 7.67. The predicted octanol–water partition coefficient (Wildman–Crippen LogP) is -0.0690. The van der Waals surface area contributed by atoms with Crippen molar-refractivity contribution in [2.75, 3.05) is 26.9 Å². The van der Waals surface area contributed by atoms with Gasteiger partial charge >= 0.3 is 6.92 Å². The average Bonchev–Trinajstić information content (AvgIpc) is 2.60. The Morgan fingerprint density at radius 1 is 1.58 bits per heavy atom. The van der Waals surface area contributed by atoms with Crippen molar-refractivity contribution in [1.82, 2.24) is 0 Å². The van der Waals surface area contributed by atoms with E-state index in [2.05, 4.69) is 0 Å². The Bertz CT molecular complexity index is 425. The summed E-state index contributed by atoms with van der Waals surface area (Å²) in [5, 5.41) is 9.23. The molecule has 0 radical (unpaired) electrons. The van der Waals surface area contributed by atoms with Gasteiger partial charge in [0.25, 0.3) is 0 Å². The molecule has 0 aliphatic carbocycles. The first kappa shape index (κ1) is 14.3. The Hall–Kier alpha value is -1.08. The molecule has 0 saturated heterocycles. The van der Waals surface area contributed by atoms with Crippen molar-refractivity contribution in [3.63, 3.8) is 0 Å². The van der Waals surface area contributed by atoms with Gasteiger partial charge in [0.1, 0.15) is 12.4 Å². The molecule has 0 unspecified atom stereocenters. The lowest BCUT2D eigenvalue weighted by Crippen LogP contribution is -2.38. The highest BCUT2D eigenvalue weighted by atomic mass is 16.5. The molecule has 1 aromatic carbocycles. The van der Waals surface area contributed by atoms with E-state index >= 15 is 0 Å². The van der Waals surface area contributed by atoms with E-state index in [0.717, 1.165) is 16.8 Å². The van der Waals surface area contributed by atoms with Crippen molar-refractivity contribution in [2.45, 2.75) is 19.0 Å². The molecule has 3 N–H and O–H groups in total. The van der Waals surface area contributed by atoms with E-state index in [1.165, 1.54) is 0 Å². The fraction of sp³-hybridized carbons (Fsp3) is 0.538. The van der Waals surface area contributed by atoms with Gasteiger partial charge in [-0.2, -0.15) is 0 Å². The summed E-state index contributed by atoms with van der Waals surface area (Å²) in [6.45, 7) is 2.46. The van der Waals surface area contributed by atoms with Crippen molar-refractivity contribution in [2.24, 2.45) is 5.73 Å². The average molecular weight is 265 g/mol. The van der Waals surface area contributed by atoms with E-state index in [1.54, 1.807) is 7.11 Å². The molecule has 0 fully saturated rings. The van der Waals surface area contributed by atoms with E-state index in [1.807, 2.05) is 25.0 Å². The number of hydrogen-bond donors (Lipinski definition) is 2. The van der Waals surface area contributed by atoms with Crippen LogP contribution in [0.2, 0.25) is 6.82 Å². The molecule has 6 heteroatoms. The molecule has 1 aromatic rings. The minimum atomic E-state index is -0.311. The number of nitrogens with two attached hydrogens (primary N) is 1. The van der Waals surface area contributed by atoms with Crippen LogP contribution in [-0.2, 0) is 9.39 Å². The van der Waals surface area contributed by atoms with Crippen LogP contribution in [-0.4, -0.2) is 45.0 Å². The highest BCUT2D eigenvalue weighted by Gasteiger charge is 2.30. The monoisotopic (exact) mass is 265 g/mol. The van der Waals surface area contributed by atoms with E-state index in [9.17, 15) is 5.11 Å². The Morgan fingerprint density at radius 3 is 3.00 bits per heavy atom. The van der Waals surface area contributed by atoms with Crippen molar-refractivity contribution in [3.05, 3.63) is 23.8 Å². The second-order valence-corrected chi connectivity index (χ2v) is 4.61. The summed E-state index contributed by atoms with van der Waals surface area (Å²) in [5.74, 6) is 0.774. The molecule has 1 heterocycles. The minimum absolute atomic E-state index is 0.0573. The predicted molar refractivity (Wildman–Crippen MR) is 74.0 cm³/mol. The van der Waals surface area contributed by atoms with Crippen molar-refractivity contribution in [3.8, 4) is 5.75 Å². The third kappa shape index (κ3) is 2.92. The largest absolute Gasteiger partial charge is 0.491 e. The maximum Gasteiger partial charge on any atom is 0.328 e. The summed E-state index contributed by atoms with van der Waals surface area (Å²) >= 11 is 0. The zero-order valence-corrected chi connectivity index (χ0v) is 11.3. The molecule has 2 rings (SSSR count).